The van der Waals surface area contributed by atoms with Crippen molar-refractivity contribution in [2.75, 3.05) is 11.9 Å². The number of carbonyl (C=O) groups excluding carboxylic acids is 1. The summed E-state index contributed by atoms with van der Waals surface area (Å²) >= 11 is 0. The highest BCUT2D eigenvalue weighted by Gasteiger charge is 2.26. The van der Waals surface area contributed by atoms with Crippen LogP contribution >= 0.6 is 0 Å². The molecule has 1 aliphatic heterocycles. The van der Waals surface area contributed by atoms with Gasteiger partial charge in [-0.25, -0.2) is 19.2 Å². The molecule has 3 rings (SSSR count). The number of aromatic nitrogens is 3. The van der Waals surface area contributed by atoms with Gasteiger partial charge in [0, 0.05) is 19.7 Å². The minimum absolute atomic E-state index is 0.0101. The number of carbonyl (C=O) groups is 1. The minimum atomic E-state index is -0.445. The summed E-state index contributed by atoms with van der Waals surface area (Å²) in [5, 5.41) is 5.49. The zero-order valence-corrected chi connectivity index (χ0v) is 12.7. The Hall–Kier alpha value is -2.48. The van der Waals surface area contributed by atoms with Crippen LogP contribution in [0, 0.1) is 5.82 Å². The van der Waals surface area contributed by atoms with Crippen molar-refractivity contribution in [3.05, 3.63) is 42.4 Å². The molecule has 3 heterocycles. The van der Waals surface area contributed by atoms with E-state index in [0.717, 1.165) is 18.3 Å². The zero-order valence-electron chi connectivity index (χ0n) is 12.7. The third-order valence-corrected chi connectivity index (χ3v) is 3.77. The summed E-state index contributed by atoms with van der Waals surface area (Å²) in [7, 11) is 1.91. The maximum atomic E-state index is 12.8. The van der Waals surface area contributed by atoms with Gasteiger partial charge in [-0.15, -0.1) is 0 Å². The Bertz CT molecular complexity index is 673. The first kappa shape index (κ1) is 15.4. The van der Waals surface area contributed by atoms with Gasteiger partial charge in [0.15, 0.2) is 0 Å². The molecule has 122 valence electrons. The molecule has 8 heteroatoms. The Morgan fingerprint density at radius 3 is 3.00 bits per heavy atom. The van der Waals surface area contributed by atoms with Crippen LogP contribution < -0.4 is 10.6 Å². The van der Waals surface area contributed by atoms with Gasteiger partial charge in [-0.3, -0.25) is 5.32 Å². The van der Waals surface area contributed by atoms with E-state index in [9.17, 15) is 9.18 Å². The van der Waals surface area contributed by atoms with Crippen LogP contribution in [0.3, 0.4) is 0 Å². The smallest absolute Gasteiger partial charge is 0.320 e. The number of anilines is 1. The van der Waals surface area contributed by atoms with E-state index in [-0.39, 0.29) is 18.2 Å². The molecule has 1 saturated heterocycles. The number of rotatable bonds is 3. The van der Waals surface area contributed by atoms with Gasteiger partial charge >= 0.3 is 6.03 Å². The van der Waals surface area contributed by atoms with Crippen LogP contribution in [0.15, 0.2) is 30.9 Å². The lowest BCUT2D eigenvalue weighted by Gasteiger charge is -2.30. The lowest BCUT2D eigenvalue weighted by atomic mass is 10.0. The Labute approximate surface area is 132 Å². The number of halogens is 1. The van der Waals surface area contributed by atoms with E-state index in [2.05, 4.69) is 20.6 Å². The molecule has 2 amide bonds. The number of nitrogens with zero attached hydrogens (tertiary/aromatic N) is 3. The predicted octanol–water partition coefficient (Wildman–Crippen LogP) is 2.00. The summed E-state index contributed by atoms with van der Waals surface area (Å²) in [6.45, 7) is 0.565. The molecule has 0 aromatic carbocycles. The third kappa shape index (κ3) is 3.84. The van der Waals surface area contributed by atoms with Crippen LogP contribution in [-0.2, 0) is 11.8 Å². The number of hydrogen-bond donors (Lipinski definition) is 2. The van der Waals surface area contributed by atoms with Crippen molar-refractivity contribution in [3.8, 4) is 0 Å². The van der Waals surface area contributed by atoms with Gasteiger partial charge in [-0.05, 0) is 25.0 Å². The van der Waals surface area contributed by atoms with Crippen molar-refractivity contribution in [1.29, 1.82) is 0 Å². The van der Waals surface area contributed by atoms with Gasteiger partial charge < -0.3 is 14.6 Å². The van der Waals surface area contributed by atoms with E-state index >= 15 is 0 Å². The normalized spacial score (nSPS) is 21.0. The Morgan fingerprint density at radius 1 is 1.43 bits per heavy atom. The fourth-order valence-electron chi connectivity index (χ4n) is 2.60. The molecule has 2 aromatic rings. The minimum Gasteiger partial charge on any atom is -0.372 e. The quantitative estimate of drug-likeness (QED) is 0.906. The van der Waals surface area contributed by atoms with Crippen molar-refractivity contribution in [3.63, 3.8) is 0 Å². The Kier molecular flexibility index (Phi) is 4.52. The maximum absolute atomic E-state index is 12.8. The van der Waals surface area contributed by atoms with Gasteiger partial charge in [0.2, 0.25) is 0 Å². The van der Waals surface area contributed by atoms with Crippen LogP contribution in [0.5, 0.6) is 0 Å². The van der Waals surface area contributed by atoms with Gasteiger partial charge in [-0.2, -0.15) is 0 Å². The average molecular weight is 319 g/mol. The molecule has 0 spiro atoms. The first-order chi connectivity index (χ1) is 11.1. The second kappa shape index (κ2) is 6.74. The van der Waals surface area contributed by atoms with E-state index in [0.29, 0.717) is 18.8 Å². The lowest BCUT2D eigenvalue weighted by molar-refractivity contribution is -0.00151. The zero-order chi connectivity index (χ0) is 16.2. The molecule has 7 nitrogen and oxygen atoms in total. The van der Waals surface area contributed by atoms with Gasteiger partial charge in [0.05, 0.1) is 24.4 Å². The number of ether oxygens (including phenoxy) is 1. The van der Waals surface area contributed by atoms with Crippen LogP contribution in [-0.4, -0.2) is 33.2 Å². The van der Waals surface area contributed by atoms with Crippen LogP contribution in [0.4, 0.5) is 15.0 Å². The van der Waals surface area contributed by atoms with Crippen molar-refractivity contribution in [2.24, 2.45) is 7.05 Å². The highest BCUT2D eigenvalue weighted by molar-refractivity contribution is 5.88. The number of nitrogens with one attached hydrogen (secondary N) is 2. The predicted molar refractivity (Wildman–Crippen MR) is 81.3 cm³/mol. The first-order valence-electron chi connectivity index (χ1n) is 7.38. The molecule has 2 unspecified atom stereocenters. The van der Waals surface area contributed by atoms with Crippen molar-refractivity contribution >= 4 is 11.8 Å². The van der Waals surface area contributed by atoms with Gasteiger partial charge in [-0.1, -0.05) is 0 Å². The number of pyridine rings is 1. The summed E-state index contributed by atoms with van der Waals surface area (Å²) in [6, 6.07) is 2.29. The number of urea groups is 1. The molecular formula is C15H18FN5O2. The Morgan fingerprint density at radius 2 is 2.30 bits per heavy atom. The standard InChI is InChI=1S/C15H18FN5O2/c1-21-9-17-8-12(21)13-6-11(4-5-23-13)19-15(22)20-14-3-2-10(16)7-18-14/h2-3,7-9,11,13H,4-6H2,1H3,(H2,18,19,20,22). The highest BCUT2D eigenvalue weighted by Crippen LogP contribution is 2.27. The summed E-state index contributed by atoms with van der Waals surface area (Å²) < 4.78 is 20.5. The molecule has 2 aromatic heterocycles. The fourth-order valence-corrected chi connectivity index (χ4v) is 2.60. The molecule has 0 aliphatic carbocycles. The summed E-state index contributed by atoms with van der Waals surface area (Å²) in [4.78, 5) is 19.9. The molecule has 0 saturated carbocycles. The van der Waals surface area contributed by atoms with E-state index in [1.165, 1.54) is 12.1 Å². The fraction of sp³-hybridized carbons (Fsp3) is 0.400. The van der Waals surface area contributed by atoms with Gasteiger partial charge in [0.25, 0.3) is 0 Å². The van der Waals surface area contributed by atoms with Crippen molar-refractivity contribution < 1.29 is 13.9 Å². The van der Waals surface area contributed by atoms with E-state index in [1.807, 2.05) is 11.6 Å². The van der Waals surface area contributed by atoms with Crippen molar-refractivity contribution in [2.45, 2.75) is 25.0 Å². The number of hydrogen-bond acceptors (Lipinski definition) is 4. The Balaban J connectivity index is 1.56. The SMILES string of the molecule is Cn1cncc1C1CC(NC(=O)Nc2ccc(F)cn2)CCO1. The molecule has 0 bridgehead atoms. The van der Waals surface area contributed by atoms with E-state index < -0.39 is 5.82 Å². The molecular weight excluding hydrogens is 301 g/mol. The number of imidazole rings is 1. The molecule has 1 aliphatic rings. The molecule has 2 atom stereocenters. The molecule has 23 heavy (non-hydrogen) atoms. The highest BCUT2D eigenvalue weighted by atomic mass is 19.1. The van der Waals surface area contributed by atoms with E-state index in [1.54, 1.807) is 12.5 Å². The monoisotopic (exact) mass is 319 g/mol. The second-order valence-corrected chi connectivity index (χ2v) is 5.47. The summed E-state index contributed by atoms with van der Waals surface area (Å²) in [5.74, 6) is -0.140. The number of amides is 2. The average Bonchev–Trinajstić information content (AvgIpc) is 2.96. The van der Waals surface area contributed by atoms with Crippen LogP contribution in [0.25, 0.3) is 0 Å². The second-order valence-electron chi connectivity index (χ2n) is 5.47. The van der Waals surface area contributed by atoms with E-state index in [4.69, 9.17) is 4.74 Å². The first-order valence-corrected chi connectivity index (χ1v) is 7.38. The van der Waals surface area contributed by atoms with Crippen molar-refractivity contribution in [1.82, 2.24) is 19.9 Å². The molecule has 0 radical (unpaired) electrons. The third-order valence-electron chi connectivity index (χ3n) is 3.77. The maximum Gasteiger partial charge on any atom is 0.320 e. The summed E-state index contributed by atoms with van der Waals surface area (Å²) in [6.07, 6.45) is 5.87. The number of aryl methyl sites for hydroxylation is 1. The van der Waals surface area contributed by atoms with Crippen LogP contribution in [0.1, 0.15) is 24.6 Å². The van der Waals surface area contributed by atoms with Gasteiger partial charge in [0.1, 0.15) is 17.7 Å². The largest absolute Gasteiger partial charge is 0.372 e. The molecule has 2 N–H and O–H groups in total. The lowest BCUT2D eigenvalue weighted by Crippen LogP contribution is -2.42. The summed E-state index contributed by atoms with van der Waals surface area (Å²) in [5.41, 5.74) is 0.983. The topological polar surface area (TPSA) is 81.1 Å². The molecule has 1 fully saturated rings. The van der Waals surface area contributed by atoms with Crippen LogP contribution in [0.2, 0.25) is 0 Å².